The fourth-order valence-corrected chi connectivity index (χ4v) is 2.78. The highest BCUT2D eigenvalue weighted by Crippen LogP contribution is 2.40. The van der Waals surface area contributed by atoms with E-state index in [2.05, 4.69) is 15.9 Å². The number of hydrogen-bond acceptors (Lipinski definition) is 10. The van der Waals surface area contributed by atoms with Gasteiger partial charge in [0.1, 0.15) is 23.2 Å². The quantitative estimate of drug-likeness (QED) is 0.173. The van der Waals surface area contributed by atoms with Crippen molar-refractivity contribution in [2.24, 2.45) is 11.7 Å². The van der Waals surface area contributed by atoms with Crippen LogP contribution < -0.4 is 20.5 Å². The van der Waals surface area contributed by atoms with Crippen molar-refractivity contribution in [2.45, 2.75) is 65.8 Å². The van der Waals surface area contributed by atoms with E-state index >= 15 is 0 Å². The molecule has 0 bridgehead atoms. The van der Waals surface area contributed by atoms with Crippen LogP contribution in [0.25, 0.3) is 0 Å². The van der Waals surface area contributed by atoms with Crippen molar-refractivity contribution in [3.63, 3.8) is 0 Å². The van der Waals surface area contributed by atoms with E-state index in [1.54, 1.807) is 19.2 Å². The zero-order valence-corrected chi connectivity index (χ0v) is 21.3. The van der Waals surface area contributed by atoms with E-state index < -0.39 is 41.4 Å². The van der Waals surface area contributed by atoms with Crippen molar-refractivity contribution in [2.75, 3.05) is 14.2 Å². The molecule has 3 unspecified atom stereocenters. The number of nitrogens with one attached hydrogen (secondary N) is 1. The molecule has 13 heteroatoms. The first-order valence-corrected chi connectivity index (χ1v) is 10.8. The van der Waals surface area contributed by atoms with Gasteiger partial charge >= 0.3 is 12.1 Å². The van der Waals surface area contributed by atoms with Gasteiger partial charge < -0.3 is 40.0 Å². The van der Waals surface area contributed by atoms with Gasteiger partial charge in [-0.3, -0.25) is 10.1 Å². The fraction of sp³-hybridized carbons (Fsp3) is 0.619. The summed E-state index contributed by atoms with van der Waals surface area (Å²) in [5.74, 6) is -4.25. The second-order valence-corrected chi connectivity index (χ2v) is 7.78. The SMILES string of the molecule is C.CC.[B]C(O)(NC(=O)OC(C)OC(=O)C(N)C(C)C)C(O)(O)c1cc(OC)c(Br)cc1OC. The first-order chi connectivity index (χ1) is 15.2. The lowest BCUT2D eigenvalue weighted by molar-refractivity contribution is -0.261. The van der Waals surface area contributed by atoms with E-state index in [0.717, 1.165) is 6.07 Å². The third-order valence-electron chi connectivity index (χ3n) is 4.22. The summed E-state index contributed by atoms with van der Waals surface area (Å²) >= 11 is 3.20. The molecule has 0 saturated heterocycles. The van der Waals surface area contributed by atoms with Crippen LogP contribution in [-0.2, 0) is 20.1 Å². The van der Waals surface area contributed by atoms with Crippen LogP contribution in [0.3, 0.4) is 0 Å². The van der Waals surface area contributed by atoms with E-state index in [0.29, 0.717) is 4.47 Å². The number of methoxy groups -OCH3 is 2. The first kappa shape index (κ1) is 34.1. The van der Waals surface area contributed by atoms with Crippen LogP contribution in [0.5, 0.6) is 11.5 Å². The van der Waals surface area contributed by atoms with E-state index in [4.69, 9.17) is 32.5 Å². The molecule has 0 saturated carbocycles. The minimum atomic E-state index is -3.27. The second kappa shape index (κ2) is 14.4. The summed E-state index contributed by atoms with van der Waals surface area (Å²) in [4.78, 5) is 23.9. The number of esters is 1. The lowest BCUT2D eigenvalue weighted by atomic mass is 9.79. The maximum atomic E-state index is 12.1. The molecule has 3 atom stereocenters. The van der Waals surface area contributed by atoms with Gasteiger partial charge in [-0.25, -0.2) is 4.79 Å². The monoisotopic (exact) mass is 550 g/mol. The van der Waals surface area contributed by atoms with Gasteiger partial charge in [0.05, 0.1) is 24.3 Å². The van der Waals surface area contributed by atoms with Crippen LogP contribution in [0.15, 0.2) is 16.6 Å². The minimum absolute atomic E-state index is 0. The highest BCUT2D eigenvalue weighted by Gasteiger charge is 2.49. The minimum Gasteiger partial charge on any atom is -0.496 e. The maximum absolute atomic E-state index is 12.1. The number of amides is 1. The molecule has 0 aromatic heterocycles. The molecule has 1 amide bonds. The maximum Gasteiger partial charge on any atom is 0.411 e. The smallest absolute Gasteiger partial charge is 0.411 e. The number of rotatable bonds is 9. The van der Waals surface area contributed by atoms with Crippen LogP contribution in [-0.4, -0.2) is 67.4 Å². The van der Waals surface area contributed by atoms with Gasteiger partial charge in [0.25, 0.3) is 0 Å². The standard InChI is InChI=1S/C18H26BBrN2O9.C2H6.CH4/c1-8(2)14(21)15(23)30-9(3)31-16(24)22-18(19,27)17(25,26)10-6-13(29-5)11(20)7-12(10)28-4;1-2;/h6-9,14,25-27H,21H2,1-5H3,(H,22,24);1-2H3;1H4. The molecule has 34 heavy (non-hydrogen) atoms. The molecule has 2 radical (unpaired) electrons. The van der Waals surface area contributed by atoms with Gasteiger partial charge in [0.2, 0.25) is 12.1 Å². The Balaban J connectivity index is 0. The summed E-state index contributed by atoms with van der Waals surface area (Å²) in [5, 5.41) is 33.2. The summed E-state index contributed by atoms with van der Waals surface area (Å²) < 4.78 is 20.2. The Bertz CT molecular complexity index is 807. The van der Waals surface area contributed by atoms with Crippen molar-refractivity contribution in [3.05, 3.63) is 22.2 Å². The third kappa shape index (κ3) is 8.62. The topological polar surface area (TPSA) is 170 Å². The average Bonchev–Trinajstić information content (AvgIpc) is 2.73. The van der Waals surface area contributed by atoms with Crippen LogP contribution in [0.4, 0.5) is 4.79 Å². The van der Waals surface area contributed by atoms with Crippen molar-refractivity contribution >= 4 is 35.8 Å². The number of aliphatic hydroxyl groups is 3. The number of halogens is 1. The van der Waals surface area contributed by atoms with Gasteiger partial charge in [-0.1, -0.05) is 35.1 Å². The van der Waals surface area contributed by atoms with Crippen LogP contribution in [0.1, 0.15) is 47.6 Å². The highest BCUT2D eigenvalue weighted by atomic mass is 79.9. The number of benzene rings is 1. The van der Waals surface area contributed by atoms with E-state index in [-0.39, 0.29) is 24.8 Å². The molecule has 11 nitrogen and oxygen atoms in total. The Labute approximate surface area is 210 Å². The van der Waals surface area contributed by atoms with Crippen molar-refractivity contribution in [1.29, 1.82) is 0 Å². The number of carbonyl (C=O) groups excluding carboxylic acids is 2. The van der Waals surface area contributed by atoms with Gasteiger partial charge in [-0.15, -0.1) is 0 Å². The molecule has 1 aromatic carbocycles. The molecule has 0 aliphatic heterocycles. The van der Waals surface area contributed by atoms with Crippen molar-refractivity contribution < 1.29 is 43.9 Å². The lowest BCUT2D eigenvalue weighted by Gasteiger charge is -2.38. The lowest BCUT2D eigenvalue weighted by Crippen LogP contribution is -2.63. The molecular formula is C21H36BBrN2O9. The molecular weight excluding hydrogens is 515 g/mol. The average molecular weight is 551 g/mol. The molecule has 0 heterocycles. The van der Waals surface area contributed by atoms with E-state index in [1.807, 2.05) is 13.8 Å². The van der Waals surface area contributed by atoms with Crippen LogP contribution in [0.2, 0.25) is 0 Å². The highest BCUT2D eigenvalue weighted by molar-refractivity contribution is 9.10. The molecule has 0 aliphatic carbocycles. The largest absolute Gasteiger partial charge is 0.496 e. The number of nitrogens with two attached hydrogens (primary N) is 1. The van der Waals surface area contributed by atoms with E-state index in [9.17, 15) is 24.9 Å². The zero-order valence-electron chi connectivity index (χ0n) is 19.7. The van der Waals surface area contributed by atoms with Gasteiger partial charge in [0.15, 0.2) is 7.85 Å². The van der Waals surface area contributed by atoms with E-state index in [1.165, 1.54) is 27.2 Å². The number of alkyl carbamates (subject to hydrolysis) is 1. The van der Waals surface area contributed by atoms with Gasteiger partial charge in [0, 0.05) is 6.92 Å². The second-order valence-electron chi connectivity index (χ2n) is 6.93. The summed E-state index contributed by atoms with van der Waals surface area (Å²) in [6.07, 6.45) is -2.83. The molecule has 6 N–H and O–H groups in total. The third-order valence-corrected chi connectivity index (χ3v) is 4.84. The number of ether oxygens (including phenoxy) is 4. The Hall–Kier alpha value is -2.06. The fourth-order valence-electron chi connectivity index (χ4n) is 2.30. The Kier molecular flexibility index (Phi) is 14.4. The Morgan fingerprint density at radius 3 is 2.00 bits per heavy atom. The molecule has 1 aromatic rings. The van der Waals surface area contributed by atoms with Crippen molar-refractivity contribution in [3.8, 4) is 11.5 Å². The number of hydrogen-bond donors (Lipinski definition) is 5. The number of carbonyl (C=O) groups is 2. The molecule has 0 fully saturated rings. The zero-order chi connectivity index (χ0) is 26.1. The normalized spacial score (nSPS) is 14.3. The summed E-state index contributed by atoms with van der Waals surface area (Å²) in [6.45, 7) is 8.62. The first-order valence-electron chi connectivity index (χ1n) is 10.0. The summed E-state index contributed by atoms with van der Waals surface area (Å²) in [5.41, 5.74) is 2.04. The predicted octanol–water partition coefficient (Wildman–Crippen LogP) is 1.68. The summed E-state index contributed by atoms with van der Waals surface area (Å²) in [6, 6.07) is 1.53. The van der Waals surface area contributed by atoms with Crippen LogP contribution in [0, 0.1) is 5.92 Å². The summed E-state index contributed by atoms with van der Waals surface area (Å²) in [7, 11) is 8.12. The van der Waals surface area contributed by atoms with Crippen LogP contribution >= 0.6 is 15.9 Å². The predicted molar refractivity (Wildman–Crippen MR) is 130 cm³/mol. The van der Waals surface area contributed by atoms with Gasteiger partial charge in [-0.05, 0) is 34.0 Å². The Morgan fingerprint density at radius 1 is 1.06 bits per heavy atom. The molecule has 194 valence electrons. The van der Waals surface area contributed by atoms with Gasteiger partial charge in [-0.2, -0.15) is 0 Å². The molecule has 0 spiro atoms. The molecule has 1 rings (SSSR count). The van der Waals surface area contributed by atoms with Crippen molar-refractivity contribution in [1.82, 2.24) is 5.32 Å². The Morgan fingerprint density at radius 2 is 1.56 bits per heavy atom. The molecule has 0 aliphatic rings.